The Hall–Kier alpha value is -5.60. The fraction of sp³-hybridized carbons (Fsp3) is 0. The van der Waals surface area contributed by atoms with Gasteiger partial charge in [-0.1, -0.05) is 109 Å². The maximum absolute atomic E-state index is 2.24. The normalized spacial score (nSPS) is 10.9. The Morgan fingerprint density at radius 1 is 0.238 bits per heavy atom. The van der Waals surface area contributed by atoms with Crippen LogP contribution in [-0.2, 0) is 0 Å². The molecule has 0 saturated heterocycles. The van der Waals surface area contributed by atoms with Gasteiger partial charge in [0.05, 0.1) is 0 Å². The highest BCUT2D eigenvalue weighted by molar-refractivity contribution is 5.95. The Bertz CT molecular complexity index is 1800. The molecule has 42 heavy (non-hydrogen) atoms. The first-order valence-electron chi connectivity index (χ1n) is 14.3. The van der Waals surface area contributed by atoms with Gasteiger partial charge in [-0.2, -0.15) is 9.13 Å². The van der Waals surface area contributed by atoms with E-state index in [1.807, 2.05) is 12.1 Å². The van der Waals surface area contributed by atoms with Crippen LogP contribution in [0.1, 0.15) is 0 Å². The molecule has 2 heteroatoms. The second-order valence-electron chi connectivity index (χ2n) is 10.3. The van der Waals surface area contributed by atoms with Crippen molar-refractivity contribution in [2.24, 2.45) is 0 Å². The number of rotatable bonds is 6. The minimum Gasteiger partial charge on any atom is -0.167 e. The Labute approximate surface area is 247 Å². The molecule has 2 heterocycles. The van der Waals surface area contributed by atoms with Crippen molar-refractivity contribution in [2.45, 2.75) is 0 Å². The zero-order valence-corrected chi connectivity index (χ0v) is 23.2. The van der Waals surface area contributed by atoms with E-state index in [0.717, 1.165) is 11.4 Å². The molecule has 0 spiro atoms. The van der Waals surface area contributed by atoms with E-state index >= 15 is 0 Å². The van der Waals surface area contributed by atoms with Crippen LogP contribution in [0.2, 0.25) is 0 Å². The molecule has 2 nitrogen and oxygen atoms in total. The molecule has 0 fully saturated rings. The molecule has 5 aromatic carbocycles. The topological polar surface area (TPSA) is 7.76 Å². The number of benzene rings is 5. The largest absolute Gasteiger partial charge is 0.210 e. The Balaban J connectivity index is 1.29. The molecule has 2 aromatic heterocycles. The minimum absolute atomic E-state index is 1.15. The SMILES string of the molecule is c1ccc(-[n+]2ccc(-c3ccccc3-c3ccccc3-c3ccccc3-c3cc[n+](-c4ccccc4)cc3)cc2)cc1. The van der Waals surface area contributed by atoms with E-state index in [1.54, 1.807) is 0 Å². The lowest BCUT2D eigenvalue weighted by Crippen LogP contribution is -2.28. The highest BCUT2D eigenvalue weighted by Gasteiger charge is 2.16. The van der Waals surface area contributed by atoms with Gasteiger partial charge < -0.3 is 0 Å². The molecule has 0 aliphatic heterocycles. The predicted octanol–water partition coefficient (Wildman–Crippen LogP) is 8.91. The molecule has 198 valence electrons. The summed E-state index contributed by atoms with van der Waals surface area (Å²) in [6.45, 7) is 0. The molecule has 0 amide bonds. The first-order valence-corrected chi connectivity index (χ1v) is 14.3. The van der Waals surface area contributed by atoms with Crippen LogP contribution in [0.4, 0.5) is 0 Å². The lowest BCUT2D eigenvalue weighted by molar-refractivity contribution is -0.595. The summed E-state index contributed by atoms with van der Waals surface area (Å²) < 4.78 is 4.30. The summed E-state index contributed by atoms with van der Waals surface area (Å²) in [5.41, 5.74) is 12.0. The molecular formula is C40H30N2+2. The van der Waals surface area contributed by atoms with E-state index in [2.05, 4.69) is 180 Å². The zero-order valence-electron chi connectivity index (χ0n) is 23.2. The van der Waals surface area contributed by atoms with Crippen LogP contribution in [0.3, 0.4) is 0 Å². The van der Waals surface area contributed by atoms with Crippen molar-refractivity contribution >= 4 is 0 Å². The standard InChI is InChI=1S/C40H30N2/c1-3-13-33(14-4-1)41-27-23-31(24-28-41)35-17-7-9-19-37(35)39-21-11-12-22-40(39)38-20-10-8-18-36(38)32-25-29-42(30-26-32)34-15-5-2-6-16-34/h1-30H/q+2. The van der Waals surface area contributed by atoms with E-state index in [4.69, 9.17) is 0 Å². The third-order valence-electron chi connectivity index (χ3n) is 7.75. The first-order chi connectivity index (χ1) is 20.8. The minimum atomic E-state index is 1.15. The van der Waals surface area contributed by atoms with E-state index in [1.165, 1.54) is 44.5 Å². The van der Waals surface area contributed by atoms with Crippen molar-refractivity contribution in [1.29, 1.82) is 0 Å². The fourth-order valence-electron chi connectivity index (χ4n) is 5.65. The second-order valence-corrected chi connectivity index (χ2v) is 10.3. The predicted molar refractivity (Wildman–Crippen MR) is 171 cm³/mol. The van der Waals surface area contributed by atoms with Crippen molar-refractivity contribution in [2.75, 3.05) is 0 Å². The molecule has 0 aliphatic carbocycles. The van der Waals surface area contributed by atoms with Gasteiger partial charge in [0, 0.05) is 48.5 Å². The van der Waals surface area contributed by atoms with Crippen molar-refractivity contribution in [3.8, 4) is 55.9 Å². The molecular weight excluding hydrogens is 508 g/mol. The summed E-state index contributed by atoms with van der Waals surface area (Å²) in [5.74, 6) is 0. The average molecular weight is 539 g/mol. The van der Waals surface area contributed by atoms with Gasteiger partial charge in [0.25, 0.3) is 0 Å². The van der Waals surface area contributed by atoms with Gasteiger partial charge in [-0.25, -0.2) is 0 Å². The van der Waals surface area contributed by atoms with Gasteiger partial charge in [0.1, 0.15) is 0 Å². The molecule has 0 N–H and O–H groups in total. The number of para-hydroxylation sites is 2. The first kappa shape index (κ1) is 25.4. The van der Waals surface area contributed by atoms with Gasteiger partial charge in [-0.3, -0.25) is 0 Å². The van der Waals surface area contributed by atoms with E-state index in [0.29, 0.717) is 0 Å². The molecule has 0 radical (unpaired) electrons. The number of nitrogens with zero attached hydrogens (tertiary/aromatic N) is 2. The Kier molecular flexibility index (Phi) is 6.94. The van der Waals surface area contributed by atoms with Gasteiger partial charge in [-0.15, -0.1) is 0 Å². The molecule has 0 bridgehead atoms. The van der Waals surface area contributed by atoms with Crippen LogP contribution >= 0.6 is 0 Å². The monoisotopic (exact) mass is 538 g/mol. The third-order valence-corrected chi connectivity index (χ3v) is 7.75. The second kappa shape index (κ2) is 11.5. The summed E-state index contributed by atoms with van der Waals surface area (Å²) in [6, 6.07) is 55.8. The smallest absolute Gasteiger partial charge is 0.167 e. The highest BCUT2D eigenvalue weighted by atomic mass is 14.9. The molecule has 0 saturated carbocycles. The van der Waals surface area contributed by atoms with Crippen LogP contribution in [0.15, 0.2) is 183 Å². The summed E-state index contributed by atoms with van der Waals surface area (Å²) in [6.07, 6.45) is 8.55. The third kappa shape index (κ3) is 5.02. The molecule has 0 atom stereocenters. The number of pyridine rings is 2. The van der Waals surface area contributed by atoms with E-state index < -0.39 is 0 Å². The summed E-state index contributed by atoms with van der Waals surface area (Å²) in [7, 11) is 0. The maximum atomic E-state index is 2.24. The van der Waals surface area contributed by atoms with Crippen molar-refractivity contribution < 1.29 is 9.13 Å². The lowest BCUT2D eigenvalue weighted by Gasteiger charge is -2.17. The van der Waals surface area contributed by atoms with Crippen LogP contribution in [0, 0.1) is 0 Å². The Morgan fingerprint density at radius 3 is 0.833 bits per heavy atom. The summed E-state index contributed by atoms with van der Waals surface area (Å²) in [4.78, 5) is 0. The Morgan fingerprint density at radius 2 is 0.500 bits per heavy atom. The molecule has 0 unspecified atom stereocenters. The summed E-state index contributed by atoms with van der Waals surface area (Å²) >= 11 is 0. The van der Waals surface area contributed by atoms with Gasteiger partial charge in [-0.05, 0) is 44.5 Å². The lowest BCUT2D eigenvalue weighted by atomic mass is 9.87. The highest BCUT2D eigenvalue weighted by Crippen LogP contribution is 2.41. The van der Waals surface area contributed by atoms with Crippen LogP contribution in [-0.4, -0.2) is 0 Å². The van der Waals surface area contributed by atoms with Gasteiger partial charge in [0.15, 0.2) is 24.8 Å². The van der Waals surface area contributed by atoms with Crippen LogP contribution < -0.4 is 9.13 Å². The van der Waals surface area contributed by atoms with Crippen LogP contribution in [0.5, 0.6) is 0 Å². The van der Waals surface area contributed by atoms with Crippen molar-refractivity contribution in [3.05, 3.63) is 183 Å². The van der Waals surface area contributed by atoms with Gasteiger partial charge in [0.2, 0.25) is 11.4 Å². The number of aromatic nitrogens is 2. The van der Waals surface area contributed by atoms with Crippen LogP contribution in [0.25, 0.3) is 55.9 Å². The van der Waals surface area contributed by atoms with Crippen molar-refractivity contribution in [1.82, 2.24) is 0 Å². The average Bonchev–Trinajstić information content (AvgIpc) is 3.09. The van der Waals surface area contributed by atoms with Crippen molar-refractivity contribution in [3.63, 3.8) is 0 Å². The molecule has 7 rings (SSSR count). The van der Waals surface area contributed by atoms with Gasteiger partial charge >= 0.3 is 0 Å². The van der Waals surface area contributed by atoms with E-state index in [9.17, 15) is 0 Å². The number of hydrogen-bond donors (Lipinski definition) is 0. The zero-order chi connectivity index (χ0) is 28.1. The summed E-state index contributed by atoms with van der Waals surface area (Å²) in [5, 5.41) is 0. The van der Waals surface area contributed by atoms with E-state index in [-0.39, 0.29) is 0 Å². The fourth-order valence-corrected chi connectivity index (χ4v) is 5.65. The number of hydrogen-bond acceptors (Lipinski definition) is 0. The molecule has 0 aliphatic rings. The quantitative estimate of drug-likeness (QED) is 0.187. The molecule has 7 aromatic rings. The maximum Gasteiger partial charge on any atom is 0.210 e.